The lowest BCUT2D eigenvalue weighted by atomic mass is 10.4. The van der Waals surface area contributed by atoms with Crippen molar-refractivity contribution in [2.45, 2.75) is 19.4 Å². The minimum absolute atomic E-state index is 0.409. The molecule has 3 N–H and O–H groups in total. The van der Waals surface area contributed by atoms with Crippen molar-refractivity contribution in [3.05, 3.63) is 12.0 Å². The fourth-order valence-electron chi connectivity index (χ4n) is 1.84. The number of hydrazine groups is 1. The minimum Gasteiger partial charge on any atom is -0.373 e. The van der Waals surface area contributed by atoms with E-state index in [1.165, 1.54) is 12.8 Å². The third kappa shape index (κ3) is 2.14. The number of nitrogens with zero attached hydrogens (tertiary/aromatic N) is 4. The summed E-state index contributed by atoms with van der Waals surface area (Å²) in [5.74, 6) is 7.40. The molecule has 2 heterocycles. The number of aromatic nitrogens is 4. The second-order valence-corrected chi connectivity index (χ2v) is 4.60. The smallest absolute Gasteiger partial charge is 0.163 e. The lowest BCUT2D eigenvalue weighted by Gasteiger charge is -2.06. The van der Waals surface area contributed by atoms with Crippen molar-refractivity contribution in [2.75, 3.05) is 12.0 Å². The topological polar surface area (TPSA) is 90.9 Å². The number of ether oxygens (including phenoxy) is 1. The second kappa shape index (κ2) is 4.51. The van der Waals surface area contributed by atoms with Gasteiger partial charge < -0.3 is 10.2 Å². The van der Waals surface area contributed by atoms with Crippen molar-refractivity contribution in [1.29, 1.82) is 0 Å². The molecule has 0 aliphatic heterocycles. The van der Waals surface area contributed by atoms with Gasteiger partial charge in [0.25, 0.3) is 0 Å². The number of nitrogen functional groups attached to an aromatic ring is 1. The zero-order valence-electron chi connectivity index (χ0n) is 10.3. The molecule has 2 aromatic heterocycles. The van der Waals surface area contributed by atoms with Crippen LogP contribution in [0.25, 0.3) is 11.0 Å². The molecule has 0 saturated heterocycles. The number of hydrogen-bond donors (Lipinski definition) is 2. The van der Waals surface area contributed by atoms with E-state index < -0.39 is 0 Å². The summed E-state index contributed by atoms with van der Waals surface area (Å²) in [6, 6.07) is 0. The van der Waals surface area contributed by atoms with E-state index in [4.69, 9.17) is 10.6 Å². The standard InChI is InChI=1S/C11H16N6O/c1-17-11-8(4-13-17)10(16-12)14-9(15-11)6-18-5-7-2-3-7/h4,7H,2-3,5-6,12H2,1H3,(H,14,15,16). The third-order valence-corrected chi connectivity index (χ3v) is 3.06. The first-order chi connectivity index (χ1) is 8.78. The van der Waals surface area contributed by atoms with Crippen molar-refractivity contribution in [2.24, 2.45) is 18.8 Å². The zero-order chi connectivity index (χ0) is 12.5. The normalized spacial score (nSPS) is 15.2. The van der Waals surface area contributed by atoms with Gasteiger partial charge in [-0.3, -0.25) is 4.68 Å². The van der Waals surface area contributed by atoms with Crippen molar-refractivity contribution in [1.82, 2.24) is 19.7 Å². The summed E-state index contributed by atoms with van der Waals surface area (Å²) in [5, 5.41) is 4.95. The van der Waals surface area contributed by atoms with E-state index in [9.17, 15) is 0 Å². The lowest BCUT2D eigenvalue weighted by Crippen LogP contribution is -2.12. The van der Waals surface area contributed by atoms with Crippen molar-refractivity contribution >= 4 is 16.9 Å². The molecular formula is C11H16N6O. The number of fused-ring (bicyclic) bond motifs is 1. The molecule has 3 rings (SSSR count). The fraction of sp³-hybridized carbons (Fsp3) is 0.545. The van der Waals surface area contributed by atoms with Gasteiger partial charge in [-0.1, -0.05) is 0 Å². The van der Waals surface area contributed by atoms with E-state index >= 15 is 0 Å². The molecule has 7 heteroatoms. The van der Waals surface area contributed by atoms with Crippen molar-refractivity contribution < 1.29 is 4.74 Å². The first kappa shape index (κ1) is 11.4. The van der Waals surface area contributed by atoms with Gasteiger partial charge in [0.15, 0.2) is 17.3 Å². The second-order valence-electron chi connectivity index (χ2n) is 4.60. The Balaban J connectivity index is 1.83. The molecule has 1 saturated carbocycles. The number of rotatable bonds is 5. The maximum absolute atomic E-state index is 5.59. The Kier molecular flexibility index (Phi) is 2.85. The third-order valence-electron chi connectivity index (χ3n) is 3.06. The molecule has 7 nitrogen and oxygen atoms in total. The first-order valence-electron chi connectivity index (χ1n) is 6.01. The van der Waals surface area contributed by atoms with Crippen LogP contribution in [-0.4, -0.2) is 26.4 Å². The van der Waals surface area contributed by atoms with Gasteiger partial charge >= 0.3 is 0 Å². The predicted molar refractivity (Wildman–Crippen MR) is 66.5 cm³/mol. The molecule has 0 spiro atoms. The summed E-state index contributed by atoms with van der Waals surface area (Å²) in [4.78, 5) is 8.75. The molecular weight excluding hydrogens is 232 g/mol. The van der Waals surface area contributed by atoms with Gasteiger partial charge in [-0.15, -0.1) is 0 Å². The van der Waals surface area contributed by atoms with E-state index in [2.05, 4.69) is 20.5 Å². The Morgan fingerprint density at radius 3 is 3.06 bits per heavy atom. The predicted octanol–water partition coefficient (Wildman–Crippen LogP) is 0.575. The van der Waals surface area contributed by atoms with E-state index in [1.807, 2.05) is 7.05 Å². The summed E-state index contributed by atoms with van der Waals surface area (Å²) in [5.41, 5.74) is 3.33. The van der Waals surface area contributed by atoms with E-state index in [0.717, 1.165) is 23.6 Å². The number of nitrogens with two attached hydrogens (primary N) is 1. The molecule has 18 heavy (non-hydrogen) atoms. The van der Waals surface area contributed by atoms with Crippen LogP contribution in [-0.2, 0) is 18.4 Å². The van der Waals surface area contributed by atoms with Gasteiger partial charge in [0.05, 0.1) is 11.6 Å². The summed E-state index contributed by atoms with van der Waals surface area (Å²) < 4.78 is 7.28. The Morgan fingerprint density at radius 1 is 1.50 bits per heavy atom. The van der Waals surface area contributed by atoms with Crippen molar-refractivity contribution in [3.8, 4) is 0 Å². The van der Waals surface area contributed by atoms with Gasteiger partial charge in [0, 0.05) is 13.7 Å². The van der Waals surface area contributed by atoms with Gasteiger partial charge in [0.2, 0.25) is 0 Å². The summed E-state index contributed by atoms with van der Waals surface area (Å²) >= 11 is 0. The quantitative estimate of drug-likeness (QED) is 0.594. The molecule has 0 radical (unpaired) electrons. The van der Waals surface area contributed by atoms with E-state index in [-0.39, 0.29) is 0 Å². The minimum atomic E-state index is 0.409. The van der Waals surface area contributed by atoms with Crippen LogP contribution in [0.15, 0.2) is 6.20 Å². The van der Waals surface area contributed by atoms with Crippen LogP contribution in [0.5, 0.6) is 0 Å². The summed E-state index contributed by atoms with van der Waals surface area (Å²) in [6.07, 6.45) is 4.24. The molecule has 96 valence electrons. The number of nitrogens with one attached hydrogen (secondary N) is 1. The molecule has 1 aliphatic carbocycles. The van der Waals surface area contributed by atoms with Crippen LogP contribution in [0.2, 0.25) is 0 Å². The van der Waals surface area contributed by atoms with Crippen molar-refractivity contribution in [3.63, 3.8) is 0 Å². The van der Waals surface area contributed by atoms with Gasteiger partial charge in [-0.05, 0) is 18.8 Å². The SMILES string of the molecule is Cn1ncc2c(NN)nc(COCC3CC3)nc21. The monoisotopic (exact) mass is 248 g/mol. The summed E-state index contributed by atoms with van der Waals surface area (Å²) in [7, 11) is 1.84. The highest BCUT2D eigenvalue weighted by Gasteiger charge is 2.21. The highest BCUT2D eigenvalue weighted by Crippen LogP contribution is 2.29. The molecule has 0 bridgehead atoms. The van der Waals surface area contributed by atoms with E-state index in [0.29, 0.717) is 18.2 Å². The molecule has 1 fully saturated rings. The lowest BCUT2D eigenvalue weighted by molar-refractivity contribution is 0.106. The summed E-state index contributed by atoms with van der Waals surface area (Å²) in [6.45, 7) is 1.20. The molecule has 0 amide bonds. The maximum atomic E-state index is 5.59. The van der Waals surface area contributed by atoms with Crippen LogP contribution < -0.4 is 11.3 Å². The number of hydrogen-bond acceptors (Lipinski definition) is 6. The Bertz CT molecular complexity index is 562. The molecule has 0 unspecified atom stereocenters. The largest absolute Gasteiger partial charge is 0.373 e. The van der Waals surface area contributed by atoms with Gasteiger partial charge in [0.1, 0.15) is 6.61 Å². The molecule has 1 aliphatic rings. The number of aryl methyl sites for hydroxylation is 1. The molecule has 2 aromatic rings. The average Bonchev–Trinajstić information content (AvgIpc) is 3.13. The van der Waals surface area contributed by atoms with Crippen LogP contribution >= 0.6 is 0 Å². The molecule has 0 atom stereocenters. The average molecular weight is 248 g/mol. The Morgan fingerprint density at radius 2 is 2.33 bits per heavy atom. The van der Waals surface area contributed by atoms with Crippen LogP contribution in [0, 0.1) is 5.92 Å². The van der Waals surface area contributed by atoms with E-state index in [1.54, 1.807) is 10.9 Å². The zero-order valence-corrected chi connectivity index (χ0v) is 10.3. The van der Waals surface area contributed by atoms with Gasteiger partial charge in [-0.25, -0.2) is 15.8 Å². The van der Waals surface area contributed by atoms with Crippen LogP contribution in [0.3, 0.4) is 0 Å². The molecule has 0 aromatic carbocycles. The fourth-order valence-corrected chi connectivity index (χ4v) is 1.84. The van der Waals surface area contributed by atoms with Crippen LogP contribution in [0.1, 0.15) is 18.7 Å². The Labute approximate surface area is 104 Å². The highest BCUT2D eigenvalue weighted by atomic mass is 16.5. The van der Waals surface area contributed by atoms with Gasteiger partial charge in [-0.2, -0.15) is 5.10 Å². The van der Waals surface area contributed by atoms with Crippen LogP contribution in [0.4, 0.5) is 5.82 Å². The Hall–Kier alpha value is -1.73. The highest BCUT2D eigenvalue weighted by molar-refractivity contribution is 5.86. The number of anilines is 1. The first-order valence-corrected chi connectivity index (χ1v) is 6.01. The maximum Gasteiger partial charge on any atom is 0.163 e.